The minimum absolute atomic E-state index is 0.0780. The third-order valence-electron chi connectivity index (χ3n) is 5.97. The number of imidazole rings is 1. The predicted octanol–water partition coefficient (Wildman–Crippen LogP) is 2.86. The lowest BCUT2D eigenvalue weighted by molar-refractivity contribution is 0.240. The zero-order chi connectivity index (χ0) is 20.9. The summed E-state index contributed by atoms with van der Waals surface area (Å²) in [6, 6.07) is 1.42. The standard InChI is InChI=1S/C21H23F2N7O/c22-13-5-6-24-9-15(13)27-21-26-8-14(23)20(28-21)16-10-25-18-7-17(31-12-3-4-12)19(11-1-2-11)29-30(16)18/h7-8,10-13,15,24H,1-6,9H2,(H,26,27,28). The Bertz CT molecular complexity index is 1130. The van der Waals surface area contributed by atoms with E-state index in [0.717, 1.165) is 43.3 Å². The normalized spacial score (nSPS) is 23.8. The number of ether oxygens (including phenoxy) is 1. The summed E-state index contributed by atoms with van der Waals surface area (Å²) >= 11 is 0. The highest BCUT2D eigenvalue weighted by Crippen LogP contribution is 2.44. The van der Waals surface area contributed by atoms with E-state index in [1.165, 1.54) is 0 Å². The van der Waals surface area contributed by atoms with Crippen molar-refractivity contribution in [2.45, 2.75) is 56.3 Å². The van der Waals surface area contributed by atoms with Gasteiger partial charge in [-0.25, -0.2) is 28.2 Å². The van der Waals surface area contributed by atoms with Gasteiger partial charge in [-0.3, -0.25) is 0 Å². The topological polar surface area (TPSA) is 89.3 Å². The summed E-state index contributed by atoms with van der Waals surface area (Å²) in [6.07, 6.45) is 6.58. The monoisotopic (exact) mass is 427 g/mol. The highest BCUT2D eigenvalue weighted by atomic mass is 19.1. The van der Waals surface area contributed by atoms with Gasteiger partial charge in [-0.1, -0.05) is 0 Å². The number of hydrogen-bond donors (Lipinski definition) is 2. The van der Waals surface area contributed by atoms with Gasteiger partial charge in [-0.05, 0) is 38.6 Å². The van der Waals surface area contributed by atoms with Crippen LogP contribution < -0.4 is 15.4 Å². The van der Waals surface area contributed by atoms with Crippen LogP contribution in [0.4, 0.5) is 14.7 Å². The first-order valence-electron chi connectivity index (χ1n) is 10.9. The first-order chi connectivity index (χ1) is 15.2. The lowest BCUT2D eigenvalue weighted by atomic mass is 10.1. The third kappa shape index (κ3) is 3.69. The Hall–Kier alpha value is -2.88. The fourth-order valence-electron chi connectivity index (χ4n) is 3.92. The molecule has 162 valence electrons. The van der Waals surface area contributed by atoms with Gasteiger partial charge in [0.05, 0.1) is 24.5 Å². The molecule has 8 nitrogen and oxygen atoms in total. The van der Waals surface area contributed by atoms with E-state index < -0.39 is 18.0 Å². The van der Waals surface area contributed by atoms with Gasteiger partial charge >= 0.3 is 0 Å². The Labute approximate surface area is 177 Å². The molecule has 6 rings (SSSR count). The Balaban J connectivity index is 1.36. The molecule has 0 bridgehead atoms. The highest BCUT2D eigenvalue weighted by Gasteiger charge is 2.33. The van der Waals surface area contributed by atoms with Gasteiger partial charge in [0.1, 0.15) is 29.0 Å². The quantitative estimate of drug-likeness (QED) is 0.625. The van der Waals surface area contributed by atoms with Gasteiger partial charge < -0.3 is 15.4 Å². The van der Waals surface area contributed by atoms with Crippen LogP contribution in [0.1, 0.15) is 43.7 Å². The van der Waals surface area contributed by atoms with E-state index in [-0.39, 0.29) is 17.7 Å². The van der Waals surface area contributed by atoms with Crippen LogP contribution in [0.2, 0.25) is 0 Å². The second-order valence-corrected chi connectivity index (χ2v) is 8.55. The fourth-order valence-corrected chi connectivity index (χ4v) is 3.92. The van der Waals surface area contributed by atoms with E-state index in [2.05, 4.69) is 25.6 Å². The second kappa shape index (κ2) is 7.37. The Kier molecular flexibility index (Phi) is 4.48. The van der Waals surface area contributed by atoms with Crippen molar-refractivity contribution >= 4 is 11.6 Å². The minimum Gasteiger partial charge on any atom is -0.488 e. The van der Waals surface area contributed by atoms with E-state index in [0.29, 0.717) is 36.8 Å². The zero-order valence-electron chi connectivity index (χ0n) is 16.9. The molecule has 2 unspecified atom stereocenters. The summed E-state index contributed by atoms with van der Waals surface area (Å²) < 4.78 is 36.6. The van der Waals surface area contributed by atoms with Gasteiger partial charge in [0, 0.05) is 18.5 Å². The van der Waals surface area contributed by atoms with Crippen molar-refractivity contribution < 1.29 is 13.5 Å². The number of piperidine rings is 1. The Morgan fingerprint density at radius 2 is 2.00 bits per heavy atom. The van der Waals surface area contributed by atoms with Crippen LogP contribution in [-0.4, -0.2) is 56.0 Å². The SMILES string of the molecule is Fc1cnc(NC2CNCCC2F)nc1-c1cnc2cc(OC3CC3)c(C3CC3)nn12. The number of anilines is 1. The maximum atomic E-state index is 14.7. The molecule has 10 heteroatoms. The first-order valence-corrected chi connectivity index (χ1v) is 10.9. The lowest BCUT2D eigenvalue weighted by Crippen LogP contribution is -2.46. The predicted molar refractivity (Wildman–Crippen MR) is 109 cm³/mol. The van der Waals surface area contributed by atoms with Crippen molar-refractivity contribution in [2.24, 2.45) is 0 Å². The fraction of sp³-hybridized carbons (Fsp3) is 0.524. The third-order valence-corrected chi connectivity index (χ3v) is 5.97. The number of nitrogens with one attached hydrogen (secondary N) is 2. The van der Waals surface area contributed by atoms with Crippen LogP contribution in [0.25, 0.3) is 17.0 Å². The van der Waals surface area contributed by atoms with Gasteiger partial charge in [-0.2, -0.15) is 5.10 Å². The van der Waals surface area contributed by atoms with Crippen LogP contribution in [0.5, 0.6) is 5.75 Å². The molecule has 0 aromatic carbocycles. The largest absolute Gasteiger partial charge is 0.488 e. The first kappa shape index (κ1) is 18.9. The minimum atomic E-state index is -1.01. The highest BCUT2D eigenvalue weighted by molar-refractivity contribution is 5.62. The zero-order valence-corrected chi connectivity index (χ0v) is 16.9. The summed E-state index contributed by atoms with van der Waals surface area (Å²) in [5.41, 5.74) is 1.97. The summed E-state index contributed by atoms with van der Waals surface area (Å²) in [4.78, 5) is 12.8. The number of nitrogens with zero attached hydrogens (tertiary/aromatic N) is 5. The molecule has 2 saturated carbocycles. The van der Waals surface area contributed by atoms with Gasteiger partial charge in [0.15, 0.2) is 11.5 Å². The molecule has 1 aliphatic heterocycles. The molecule has 3 aliphatic rings. The van der Waals surface area contributed by atoms with Gasteiger partial charge in [0.25, 0.3) is 0 Å². The maximum Gasteiger partial charge on any atom is 0.223 e. The second-order valence-electron chi connectivity index (χ2n) is 8.55. The summed E-state index contributed by atoms with van der Waals surface area (Å²) in [5, 5.41) is 10.9. The van der Waals surface area contributed by atoms with Crippen LogP contribution in [0.3, 0.4) is 0 Å². The number of rotatable bonds is 6. The average Bonchev–Trinajstić information content (AvgIpc) is 3.70. The number of fused-ring (bicyclic) bond motifs is 1. The molecule has 0 spiro atoms. The molecule has 3 aromatic rings. The molecule has 0 amide bonds. The molecule has 4 heterocycles. The summed E-state index contributed by atoms with van der Waals surface area (Å²) in [7, 11) is 0. The van der Waals surface area contributed by atoms with E-state index in [1.807, 2.05) is 6.07 Å². The maximum absolute atomic E-state index is 14.7. The van der Waals surface area contributed by atoms with Crippen LogP contribution in [0.15, 0.2) is 18.5 Å². The smallest absolute Gasteiger partial charge is 0.223 e. The molecular weight excluding hydrogens is 404 g/mol. The van der Waals surface area contributed by atoms with E-state index in [1.54, 1.807) is 10.7 Å². The van der Waals surface area contributed by atoms with E-state index >= 15 is 0 Å². The van der Waals surface area contributed by atoms with Crippen LogP contribution >= 0.6 is 0 Å². The number of halogens is 2. The molecule has 3 fully saturated rings. The van der Waals surface area contributed by atoms with Crippen molar-refractivity contribution in [1.29, 1.82) is 0 Å². The summed E-state index contributed by atoms with van der Waals surface area (Å²) in [6.45, 7) is 1.10. The molecule has 3 aromatic heterocycles. The number of hydrogen-bond acceptors (Lipinski definition) is 7. The van der Waals surface area contributed by atoms with Crippen molar-refractivity contribution in [3.05, 3.63) is 30.0 Å². The van der Waals surface area contributed by atoms with Gasteiger partial charge in [0.2, 0.25) is 5.95 Å². The van der Waals surface area contributed by atoms with E-state index in [4.69, 9.17) is 9.84 Å². The van der Waals surface area contributed by atoms with Crippen LogP contribution in [-0.2, 0) is 0 Å². The summed E-state index contributed by atoms with van der Waals surface area (Å²) in [5.74, 6) is 0.734. The number of aromatic nitrogens is 5. The molecule has 2 N–H and O–H groups in total. The van der Waals surface area contributed by atoms with Crippen molar-refractivity contribution in [3.8, 4) is 17.1 Å². The molecule has 2 atom stereocenters. The van der Waals surface area contributed by atoms with Crippen molar-refractivity contribution in [1.82, 2.24) is 29.9 Å². The Morgan fingerprint density at radius 3 is 2.77 bits per heavy atom. The molecular formula is C21H23F2N7O. The lowest BCUT2D eigenvalue weighted by Gasteiger charge is -2.27. The van der Waals surface area contributed by atoms with Gasteiger partial charge in [-0.15, -0.1) is 0 Å². The average molecular weight is 427 g/mol. The molecule has 1 saturated heterocycles. The molecule has 2 aliphatic carbocycles. The Morgan fingerprint density at radius 1 is 1.13 bits per heavy atom. The molecule has 0 radical (unpaired) electrons. The van der Waals surface area contributed by atoms with Crippen molar-refractivity contribution in [3.63, 3.8) is 0 Å². The van der Waals surface area contributed by atoms with Crippen LogP contribution in [0, 0.1) is 5.82 Å². The van der Waals surface area contributed by atoms with Crippen molar-refractivity contribution in [2.75, 3.05) is 18.4 Å². The van der Waals surface area contributed by atoms with E-state index in [9.17, 15) is 8.78 Å². The number of alkyl halides is 1. The molecule has 31 heavy (non-hydrogen) atoms.